The van der Waals surface area contributed by atoms with Gasteiger partial charge in [0.15, 0.2) is 5.11 Å². The molecular formula is C20H28N2O2S. The maximum absolute atomic E-state index is 5.80. The van der Waals surface area contributed by atoms with Crippen molar-refractivity contribution < 1.29 is 9.47 Å². The molecule has 4 aliphatic rings. The molecule has 0 atom stereocenters. The largest absolute Gasteiger partial charge is 0.497 e. The van der Waals surface area contributed by atoms with Gasteiger partial charge in [0, 0.05) is 18.7 Å². The van der Waals surface area contributed by atoms with Gasteiger partial charge >= 0.3 is 0 Å². The van der Waals surface area contributed by atoms with Crippen LogP contribution in [-0.2, 0) is 0 Å². The van der Waals surface area contributed by atoms with E-state index < -0.39 is 0 Å². The van der Waals surface area contributed by atoms with Gasteiger partial charge in [-0.1, -0.05) is 0 Å². The normalized spacial score (nSPS) is 32.4. The summed E-state index contributed by atoms with van der Waals surface area (Å²) in [5.41, 5.74) is 1.12. The number of methoxy groups -OCH3 is 2. The van der Waals surface area contributed by atoms with Crippen LogP contribution in [0.4, 0.5) is 5.69 Å². The maximum atomic E-state index is 5.80. The fourth-order valence-corrected chi connectivity index (χ4v) is 6.11. The van der Waals surface area contributed by atoms with Gasteiger partial charge in [-0.3, -0.25) is 0 Å². The molecule has 5 rings (SSSR count). The van der Waals surface area contributed by atoms with Crippen LogP contribution in [0.5, 0.6) is 11.5 Å². The van der Waals surface area contributed by atoms with E-state index >= 15 is 0 Å². The molecule has 4 saturated carbocycles. The Morgan fingerprint density at radius 1 is 1.08 bits per heavy atom. The molecule has 0 aromatic heterocycles. The molecule has 0 amide bonds. The second-order valence-electron chi connectivity index (χ2n) is 8.20. The smallest absolute Gasteiger partial charge is 0.173 e. The van der Waals surface area contributed by atoms with E-state index in [0.717, 1.165) is 40.1 Å². The second-order valence-corrected chi connectivity index (χ2v) is 8.58. The zero-order valence-corrected chi connectivity index (χ0v) is 16.2. The molecule has 1 aromatic rings. The zero-order chi connectivity index (χ0) is 17.6. The number of anilines is 1. The molecule has 25 heavy (non-hydrogen) atoms. The van der Waals surface area contributed by atoms with Crippen LogP contribution in [0.3, 0.4) is 0 Å². The third-order valence-electron chi connectivity index (χ3n) is 6.67. The van der Waals surface area contributed by atoms with E-state index in [2.05, 4.69) is 17.3 Å². The average molecular weight is 361 g/mol. The second kappa shape index (κ2) is 6.35. The highest BCUT2D eigenvalue weighted by Crippen LogP contribution is 2.57. The van der Waals surface area contributed by atoms with Crippen LogP contribution in [-0.4, -0.2) is 36.8 Å². The van der Waals surface area contributed by atoms with Gasteiger partial charge in [-0.15, -0.1) is 0 Å². The van der Waals surface area contributed by atoms with Crippen molar-refractivity contribution in [2.24, 2.45) is 17.8 Å². The van der Waals surface area contributed by atoms with Gasteiger partial charge in [-0.25, -0.2) is 0 Å². The highest BCUT2D eigenvalue weighted by molar-refractivity contribution is 7.80. The highest BCUT2D eigenvalue weighted by atomic mass is 32.1. The lowest BCUT2D eigenvalue weighted by atomic mass is 9.52. The van der Waals surface area contributed by atoms with E-state index in [-0.39, 0.29) is 5.54 Å². The molecule has 0 radical (unpaired) electrons. The summed E-state index contributed by atoms with van der Waals surface area (Å²) in [6, 6.07) is 5.75. The Kier molecular flexibility index (Phi) is 4.30. The topological polar surface area (TPSA) is 33.7 Å². The van der Waals surface area contributed by atoms with E-state index in [1.807, 2.05) is 18.2 Å². The highest BCUT2D eigenvalue weighted by Gasteiger charge is 2.53. The number of thiocarbonyl (C=S) groups is 1. The summed E-state index contributed by atoms with van der Waals surface area (Å²) in [6.07, 6.45) is 8.22. The molecule has 4 bridgehead atoms. The van der Waals surface area contributed by atoms with Crippen LogP contribution in [0.2, 0.25) is 0 Å². The summed E-state index contributed by atoms with van der Waals surface area (Å²) in [5.74, 6) is 4.29. The van der Waals surface area contributed by atoms with Crippen LogP contribution >= 0.6 is 12.2 Å². The predicted molar refractivity (Wildman–Crippen MR) is 104 cm³/mol. The molecule has 4 nitrogen and oxygen atoms in total. The fourth-order valence-electron chi connectivity index (χ4n) is 5.80. The summed E-state index contributed by atoms with van der Waals surface area (Å²) >= 11 is 5.80. The quantitative estimate of drug-likeness (QED) is 0.810. The summed E-state index contributed by atoms with van der Waals surface area (Å²) in [4.78, 5) is 2.35. The van der Waals surface area contributed by atoms with Crippen LogP contribution in [0.25, 0.3) is 0 Å². The Morgan fingerprint density at radius 3 is 2.20 bits per heavy atom. The minimum atomic E-state index is 0.255. The number of nitrogens with one attached hydrogen (secondary N) is 1. The molecule has 1 aromatic carbocycles. The zero-order valence-electron chi connectivity index (χ0n) is 15.4. The standard InChI is InChI=1S/C20H28N2O2S/c1-22(20-10-13-6-14(11-20)8-15(7-13)12-20)19(25)21-17-9-16(23-2)4-5-18(17)24-3/h4-5,9,13-15H,6-8,10-12H2,1-3H3,(H,21,25). The molecule has 4 aliphatic carbocycles. The van der Waals surface area contributed by atoms with Crippen molar-refractivity contribution >= 4 is 23.0 Å². The molecule has 136 valence electrons. The SMILES string of the molecule is COc1ccc(OC)c(NC(=S)N(C)C23CC4CC(CC(C4)C2)C3)c1. The fraction of sp³-hybridized carbons (Fsp3) is 0.650. The Hall–Kier alpha value is -1.49. The Balaban J connectivity index is 1.53. The molecular weight excluding hydrogens is 332 g/mol. The number of rotatable bonds is 4. The molecule has 0 unspecified atom stereocenters. The number of ether oxygens (including phenoxy) is 2. The maximum Gasteiger partial charge on any atom is 0.173 e. The molecule has 0 aliphatic heterocycles. The van der Waals surface area contributed by atoms with Crippen molar-refractivity contribution in [1.29, 1.82) is 0 Å². The molecule has 0 heterocycles. The van der Waals surface area contributed by atoms with Gasteiger partial charge < -0.3 is 19.7 Å². The van der Waals surface area contributed by atoms with Gasteiger partial charge in [0.05, 0.1) is 19.9 Å². The van der Waals surface area contributed by atoms with E-state index in [9.17, 15) is 0 Å². The lowest BCUT2D eigenvalue weighted by Crippen LogP contribution is -2.60. The van der Waals surface area contributed by atoms with Crippen LogP contribution in [0.1, 0.15) is 38.5 Å². The van der Waals surface area contributed by atoms with E-state index in [1.54, 1.807) is 14.2 Å². The van der Waals surface area contributed by atoms with Gasteiger partial charge in [-0.05, 0) is 80.6 Å². The lowest BCUT2D eigenvalue weighted by Gasteiger charge is -2.60. The monoisotopic (exact) mass is 360 g/mol. The first-order chi connectivity index (χ1) is 12.0. The van der Waals surface area contributed by atoms with E-state index in [4.69, 9.17) is 21.7 Å². The summed E-state index contributed by atoms with van der Waals surface area (Å²) in [6.45, 7) is 0. The summed E-state index contributed by atoms with van der Waals surface area (Å²) in [5, 5.41) is 4.20. The predicted octanol–water partition coefficient (Wildman–Crippen LogP) is 4.30. The first-order valence-corrected chi connectivity index (χ1v) is 9.70. The number of hydrogen-bond donors (Lipinski definition) is 1. The molecule has 1 N–H and O–H groups in total. The van der Waals surface area contributed by atoms with Crippen molar-refractivity contribution in [3.8, 4) is 11.5 Å². The van der Waals surface area contributed by atoms with Gasteiger partial charge in [0.2, 0.25) is 0 Å². The van der Waals surface area contributed by atoms with Gasteiger partial charge in [-0.2, -0.15) is 0 Å². The third-order valence-corrected chi connectivity index (χ3v) is 7.05. The number of benzene rings is 1. The Morgan fingerprint density at radius 2 is 1.68 bits per heavy atom. The number of hydrogen-bond acceptors (Lipinski definition) is 3. The number of nitrogens with zero attached hydrogens (tertiary/aromatic N) is 1. The van der Waals surface area contributed by atoms with E-state index in [1.165, 1.54) is 38.5 Å². The minimum Gasteiger partial charge on any atom is -0.497 e. The van der Waals surface area contributed by atoms with Gasteiger partial charge in [0.1, 0.15) is 11.5 Å². The molecule has 5 heteroatoms. The molecule has 4 fully saturated rings. The first kappa shape index (κ1) is 17.0. The lowest BCUT2D eigenvalue weighted by molar-refractivity contribution is -0.0538. The Bertz CT molecular complexity index is 640. The molecule has 0 saturated heterocycles. The van der Waals surface area contributed by atoms with Crippen molar-refractivity contribution in [2.75, 3.05) is 26.6 Å². The van der Waals surface area contributed by atoms with Crippen LogP contribution < -0.4 is 14.8 Å². The van der Waals surface area contributed by atoms with Crippen molar-refractivity contribution in [2.45, 2.75) is 44.1 Å². The average Bonchev–Trinajstić information content (AvgIpc) is 2.59. The third kappa shape index (κ3) is 2.97. The first-order valence-electron chi connectivity index (χ1n) is 9.30. The Labute approximate surface area is 155 Å². The summed E-state index contributed by atoms with van der Waals surface area (Å²) in [7, 11) is 5.53. The summed E-state index contributed by atoms with van der Waals surface area (Å²) < 4.78 is 10.8. The van der Waals surface area contributed by atoms with Crippen molar-refractivity contribution in [3.63, 3.8) is 0 Å². The van der Waals surface area contributed by atoms with Crippen LogP contribution in [0.15, 0.2) is 18.2 Å². The van der Waals surface area contributed by atoms with E-state index in [0.29, 0.717) is 0 Å². The van der Waals surface area contributed by atoms with Crippen molar-refractivity contribution in [1.82, 2.24) is 4.90 Å². The minimum absolute atomic E-state index is 0.255. The molecule has 0 spiro atoms. The van der Waals surface area contributed by atoms with Gasteiger partial charge in [0.25, 0.3) is 0 Å². The van der Waals surface area contributed by atoms with Crippen molar-refractivity contribution in [3.05, 3.63) is 18.2 Å². The van der Waals surface area contributed by atoms with Crippen LogP contribution in [0, 0.1) is 17.8 Å².